The minimum absolute atomic E-state index is 0.126. The summed E-state index contributed by atoms with van der Waals surface area (Å²) in [6.45, 7) is 6.70. The summed E-state index contributed by atoms with van der Waals surface area (Å²) in [4.78, 5) is 31.0. The first kappa shape index (κ1) is 17.0. The van der Waals surface area contributed by atoms with E-state index >= 15 is 0 Å². The predicted molar refractivity (Wildman–Crippen MR) is 94.8 cm³/mol. The van der Waals surface area contributed by atoms with E-state index in [1.165, 1.54) is 0 Å². The van der Waals surface area contributed by atoms with Crippen molar-refractivity contribution in [2.45, 2.75) is 32.2 Å². The maximum Gasteiger partial charge on any atom is 0.241 e. The number of hydrogen-bond donors (Lipinski definition) is 0. The van der Waals surface area contributed by atoms with Crippen molar-refractivity contribution in [3.63, 3.8) is 0 Å². The first-order chi connectivity index (χ1) is 11.4. The molecule has 0 saturated carbocycles. The topological polar surface area (TPSA) is 43.9 Å². The lowest BCUT2D eigenvalue weighted by Gasteiger charge is -2.46. The Morgan fingerprint density at radius 3 is 2.58 bits per heavy atom. The van der Waals surface area contributed by atoms with Crippen molar-refractivity contribution in [1.82, 2.24) is 9.80 Å². The molecule has 2 saturated heterocycles. The van der Waals surface area contributed by atoms with Crippen LogP contribution in [0.4, 0.5) is 5.69 Å². The molecule has 2 amide bonds. The van der Waals surface area contributed by atoms with Crippen LogP contribution in [0.3, 0.4) is 0 Å². The molecular formula is C19H27N3O2. The third kappa shape index (κ3) is 3.18. The summed E-state index contributed by atoms with van der Waals surface area (Å²) < 4.78 is 0. The molecule has 24 heavy (non-hydrogen) atoms. The van der Waals surface area contributed by atoms with Crippen molar-refractivity contribution in [3.05, 3.63) is 30.3 Å². The largest absolute Gasteiger partial charge is 0.341 e. The number of amides is 2. The van der Waals surface area contributed by atoms with Gasteiger partial charge >= 0.3 is 0 Å². The van der Waals surface area contributed by atoms with E-state index < -0.39 is 0 Å². The maximum absolute atomic E-state index is 12.5. The van der Waals surface area contributed by atoms with E-state index in [4.69, 9.17) is 0 Å². The van der Waals surface area contributed by atoms with Crippen LogP contribution in [0.2, 0.25) is 0 Å². The van der Waals surface area contributed by atoms with Crippen LogP contribution in [0.25, 0.3) is 0 Å². The van der Waals surface area contributed by atoms with Gasteiger partial charge in [-0.3, -0.25) is 14.5 Å². The Balaban J connectivity index is 1.77. The van der Waals surface area contributed by atoms with E-state index in [1.54, 1.807) is 0 Å². The van der Waals surface area contributed by atoms with Crippen LogP contribution in [-0.2, 0) is 9.59 Å². The molecule has 2 aliphatic heterocycles. The predicted octanol–water partition coefficient (Wildman–Crippen LogP) is 1.98. The molecule has 0 N–H and O–H groups in total. The molecule has 1 spiro atoms. The van der Waals surface area contributed by atoms with Crippen LogP contribution in [0, 0.1) is 5.92 Å². The van der Waals surface area contributed by atoms with Gasteiger partial charge in [0.15, 0.2) is 0 Å². The number of likely N-dealkylation sites (N-methyl/N-ethyl adjacent to an activating group) is 1. The Morgan fingerprint density at radius 2 is 1.92 bits per heavy atom. The lowest BCUT2D eigenvalue weighted by molar-refractivity contribution is -0.131. The smallest absolute Gasteiger partial charge is 0.241 e. The third-order valence-corrected chi connectivity index (χ3v) is 5.27. The zero-order chi connectivity index (χ0) is 17.3. The van der Waals surface area contributed by atoms with E-state index in [1.807, 2.05) is 47.2 Å². The monoisotopic (exact) mass is 329 g/mol. The molecule has 5 nitrogen and oxygen atoms in total. The molecule has 130 valence electrons. The second-order valence-corrected chi connectivity index (χ2v) is 7.56. The standard InChI is InChI=1S/C19H27N3O2/c1-15(2)11-17(23)21-10-9-19(13-21)14-22(18(24)12-20(19)3)16-7-5-4-6-8-16/h4-8,15H,9-14H2,1-3H3/t19-/m1/s1. The number of nitrogens with zero attached hydrogens (tertiary/aromatic N) is 3. The summed E-state index contributed by atoms with van der Waals surface area (Å²) >= 11 is 0. The Bertz CT molecular complexity index is 616. The zero-order valence-electron chi connectivity index (χ0n) is 14.9. The molecule has 1 atom stereocenters. The second-order valence-electron chi connectivity index (χ2n) is 7.56. The number of carbonyl (C=O) groups is 2. The molecule has 2 fully saturated rings. The molecule has 3 rings (SSSR count). The quantitative estimate of drug-likeness (QED) is 0.852. The lowest BCUT2D eigenvalue weighted by Crippen LogP contribution is -2.64. The van der Waals surface area contributed by atoms with Gasteiger partial charge in [0, 0.05) is 31.7 Å². The van der Waals surface area contributed by atoms with Gasteiger partial charge in [-0.05, 0) is 31.5 Å². The zero-order valence-corrected chi connectivity index (χ0v) is 14.9. The number of benzene rings is 1. The maximum atomic E-state index is 12.5. The van der Waals surface area contributed by atoms with Crippen molar-refractivity contribution >= 4 is 17.5 Å². The minimum Gasteiger partial charge on any atom is -0.341 e. The van der Waals surface area contributed by atoms with Gasteiger partial charge in [0.05, 0.1) is 12.1 Å². The van der Waals surface area contributed by atoms with E-state index in [-0.39, 0.29) is 17.4 Å². The fraction of sp³-hybridized carbons (Fsp3) is 0.579. The Hall–Kier alpha value is -1.88. The van der Waals surface area contributed by atoms with Gasteiger partial charge in [-0.15, -0.1) is 0 Å². The number of likely N-dealkylation sites (tertiary alicyclic amines) is 1. The Morgan fingerprint density at radius 1 is 1.21 bits per heavy atom. The van der Waals surface area contributed by atoms with Crippen LogP contribution < -0.4 is 4.90 Å². The summed E-state index contributed by atoms with van der Waals surface area (Å²) in [6.07, 6.45) is 1.52. The number of anilines is 1. The number of para-hydroxylation sites is 1. The number of piperazine rings is 1. The van der Waals surface area contributed by atoms with Crippen molar-refractivity contribution in [1.29, 1.82) is 0 Å². The number of rotatable bonds is 3. The van der Waals surface area contributed by atoms with Gasteiger partial charge in [0.2, 0.25) is 11.8 Å². The van der Waals surface area contributed by atoms with Gasteiger partial charge in [-0.1, -0.05) is 32.0 Å². The van der Waals surface area contributed by atoms with Crippen LogP contribution >= 0.6 is 0 Å². The van der Waals surface area contributed by atoms with Gasteiger partial charge in [-0.2, -0.15) is 0 Å². The van der Waals surface area contributed by atoms with Crippen LogP contribution in [0.5, 0.6) is 0 Å². The molecule has 2 heterocycles. The Labute approximate surface area is 144 Å². The van der Waals surface area contributed by atoms with Crippen molar-refractivity contribution in [3.8, 4) is 0 Å². The molecule has 2 aliphatic rings. The van der Waals surface area contributed by atoms with Crippen LogP contribution in [0.15, 0.2) is 30.3 Å². The molecule has 0 radical (unpaired) electrons. The molecule has 5 heteroatoms. The molecule has 0 bridgehead atoms. The van der Waals surface area contributed by atoms with Gasteiger partial charge in [0.1, 0.15) is 0 Å². The molecule has 1 aromatic carbocycles. The highest BCUT2D eigenvalue weighted by Crippen LogP contribution is 2.33. The highest BCUT2D eigenvalue weighted by molar-refractivity contribution is 5.96. The second kappa shape index (κ2) is 6.55. The number of carbonyl (C=O) groups excluding carboxylic acids is 2. The Kier molecular flexibility index (Phi) is 4.63. The summed E-state index contributed by atoms with van der Waals surface area (Å²) in [7, 11) is 2.01. The lowest BCUT2D eigenvalue weighted by atomic mass is 9.92. The normalized spacial score (nSPS) is 25.1. The molecule has 0 aliphatic carbocycles. The van der Waals surface area contributed by atoms with Crippen LogP contribution in [-0.4, -0.2) is 60.4 Å². The summed E-state index contributed by atoms with van der Waals surface area (Å²) in [5.74, 6) is 0.736. The van der Waals surface area contributed by atoms with Crippen molar-refractivity contribution in [2.75, 3.05) is 38.1 Å². The average Bonchev–Trinajstić information content (AvgIpc) is 2.97. The summed E-state index contributed by atoms with van der Waals surface area (Å²) in [5, 5.41) is 0. The van der Waals surface area contributed by atoms with E-state index in [9.17, 15) is 9.59 Å². The fourth-order valence-electron chi connectivity index (χ4n) is 3.79. The van der Waals surface area contributed by atoms with Gasteiger partial charge in [-0.25, -0.2) is 0 Å². The SMILES string of the molecule is CC(C)CC(=O)N1CC[C@@]2(C1)CN(c1ccccc1)C(=O)CN2C. The molecule has 1 aromatic rings. The van der Waals surface area contributed by atoms with E-state index in [0.717, 1.165) is 18.7 Å². The fourth-order valence-corrected chi connectivity index (χ4v) is 3.79. The van der Waals surface area contributed by atoms with Crippen molar-refractivity contribution < 1.29 is 9.59 Å². The molecular weight excluding hydrogens is 302 g/mol. The summed E-state index contributed by atoms with van der Waals surface area (Å²) in [6, 6.07) is 9.84. The van der Waals surface area contributed by atoms with Crippen LogP contribution in [0.1, 0.15) is 26.7 Å². The van der Waals surface area contributed by atoms with E-state index in [2.05, 4.69) is 18.7 Å². The first-order valence-electron chi connectivity index (χ1n) is 8.76. The highest BCUT2D eigenvalue weighted by atomic mass is 16.2. The third-order valence-electron chi connectivity index (χ3n) is 5.27. The van der Waals surface area contributed by atoms with Gasteiger partial charge < -0.3 is 9.80 Å². The average molecular weight is 329 g/mol. The highest BCUT2D eigenvalue weighted by Gasteiger charge is 2.48. The number of hydrogen-bond acceptors (Lipinski definition) is 3. The van der Waals surface area contributed by atoms with Gasteiger partial charge in [0.25, 0.3) is 0 Å². The van der Waals surface area contributed by atoms with Crippen molar-refractivity contribution in [2.24, 2.45) is 5.92 Å². The molecule has 0 unspecified atom stereocenters. The van der Waals surface area contributed by atoms with E-state index in [0.29, 0.717) is 32.0 Å². The summed E-state index contributed by atoms with van der Waals surface area (Å²) in [5.41, 5.74) is 0.818. The molecule has 0 aromatic heterocycles. The first-order valence-corrected chi connectivity index (χ1v) is 8.76. The minimum atomic E-state index is -0.129.